The van der Waals surface area contributed by atoms with Gasteiger partial charge in [-0.1, -0.05) is 0 Å². The van der Waals surface area contributed by atoms with Gasteiger partial charge < -0.3 is 15.1 Å². The summed E-state index contributed by atoms with van der Waals surface area (Å²) >= 11 is 0. The van der Waals surface area contributed by atoms with E-state index in [0.29, 0.717) is 18.8 Å². The van der Waals surface area contributed by atoms with Gasteiger partial charge in [0, 0.05) is 25.2 Å². The number of carbonyl (C=O) groups excluding carboxylic acids is 1. The van der Waals surface area contributed by atoms with E-state index in [9.17, 15) is 13.2 Å². The number of furan rings is 1. The van der Waals surface area contributed by atoms with Crippen molar-refractivity contribution in [2.24, 2.45) is 5.73 Å². The third kappa shape index (κ3) is 2.87. The van der Waals surface area contributed by atoms with Crippen LogP contribution >= 0.6 is 0 Å². The molecule has 7 nitrogen and oxygen atoms in total. The largest absolute Gasteiger partial charge is 0.448 e. The van der Waals surface area contributed by atoms with Crippen molar-refractivity contribution in [1.82, 2.24) is 9.62 Å². The van der Waals surface area contributed by atoms with Crippen molar-refractivity contribution in [3.05, 3.63) is 17.4 Å². The van der Waals surface area contributed by atoms with Crippen LogP contribution in [0, 0.1) is 6.92 Å². The molecule has 1 aromatic rings. The van der Waals surface area contributed by atoms with Gasteiger partial charge in [0.1, 0.15) is 5.76 Å². The molecule has 0 bridgehead atoms. The highest BCUT2D eigenvalue weighted by Crippen LogP contribution is 2.21. The minimum atomic E-state index is -3.69. The fourth-order valence-electron chi connectivity index (χ4n) is 2.26. The summed E-state index contributed by atoms with van der Waals surface area (Å²) in [7, 11) is -2.40. The monoisotopic (exact) mass is 301 g/mol. The first-order valence-corrected chi connectivity index (χ1v) is 7.92. The minimum Gasteiger partial charge on any atom is -0.448 e. The molecule has 1 aromatic heterocycles. The molecule has 1 saturated heterocycles. The number of piperidine rings is 1. The molecule has 1 atom stereocenters. The molecule has 1 aliphatic heterocycles. The maximum Gasteiger partial charge on any atom is 0.273 e. The molecule has 2 heterocycles. The highest BCUT2D eigenvalue weighted by molar-refractivity contribution is 7.89. The number of hydrogen-bond acceptors (Lipinski definition) is 5. The van der Waals surface area contributed by atoms with Crippen molar-refractivity contribution in [3.8, 4) is 0 Å². The van der Waals surface area contributed by atoms with Crippen LogP contribution in [0.1, 0.15) is 29.0 Å². The number of rotatable bonds is 3. The number of aryl methyl sites for hydroxylation is 1. The van der Waals surface area contributed by atoms with Crippen molar-refractivity contribution in [2.45, 2.75) is 30.9 Å². The van der Waals surface area contributed by atoms with Crippen LogP contribution in [0.4, 0.5) is 0 Å². The number of likely N-dealkylation sites (tertiary alicyclic amines) is 1. The third-order valence-corrected chi connectivity index (χ3v) is 4.67. The lowest BCUT2D eigenvalue weighted by molar-refractivity contribution is 0.0707. The molecular formula is C12H19N3O4S. The molecular weight excluding hydrogens is 282 g/mol. The second kappa shape index (κ2) is 5.55. The van der Waals surface area contributed by atoms with E-state index in [1.165, 1.54) is 13.1 Å². The topological polar surface area (TPSA) is 106 Å². The first kappa shape index (κ1) is 15.0. The lowest BCUT2D eigenvalue weighted by atomic mass is 10.1. The van der Waals surface area contributed by atoms with E-state index in [-0.39, 0.29) is 22.6 Å². The molecule has 8 heteroatoms. The summed E-state index contributed by atoms with van der Waals surface area (Å²) in [4.78, 5) is 14.0. The van der Waals surface area contributed by atoms with Gasteiger partial charge in [0.2, 0.25) is 5.09 Å². The molecule has 0 aromatic carbocycles. The van der Waals surface area contributed by atoms with E-state index in [1.54, 1.807) is 11.8 Å². The van der Waals surface area contributed by atoms with Crippen LogP contribution in [0.5, 0.6) is 0 Å². The normalized spacial score (nSPS) is 20.1. The van der Waals surface area contributed by atoms with Crippen LogP contribution in [-0.2, 0) is 10.0 Å². The highest BCUT2D eigenvalue weighted by atomic mass is 32.2. The second-order valence-electron chi connectivity index (χ2n) is 4.90. The van der Waals surface area contributed by atoms with Crippen LogP contribution in [0.2, 0.25) is 0 Å². The van der Waals surface area contributed by atoms with Crippen LogP contribution in [0.15, 0.2) is 15.6 Å². The average Bonchev–Trinajstić information content (AvgIpc) is 2.81. The van der Waals surface area contributed by atoms with Crippen LogP contribution in [0.3, 0.4) is 0 Å². The van der Waals surface area contributed by atoms with Crippen molar-refractivity contribution < 1.29 is 17.6 Å². The van der Waals surface area contributed by atoms with Crippen molar-refractivity contribution in [2.75, 3.05) is 20.1 Å². The summed E-state index contributed by atoms with van der Waals surface area (Å²) in [6.45, 7) is 2.69. The summed E-state index contributed by atoms with van der Waals surface area (Å²) in [6, 6.07) is 1.24. The van der Waals surface area contributed by atoms with Gasteiger partial charge in [-0.3, -0.25) is 4.79 Å². The van der Waals surface area contributed by atoms with E-state index < -0.39 is 10.0 Å². The number of nitrogens with zero attached hydrogens (tertiary/aromatic N) is 1. The third-order valence-electron chi connectivity index (χ3n) is 3.40. The Morgan fingerprint density at radius 3 is 2.85 bits per heavy atom. The lowest BCUT2D eigenvalue weighted by Gasteiger charge is -2.30. The quantitative estimate of drug-likeness (QED) is 0.821. The molecule has 20 heavy (non-hydrogen) atoms. The number of sulfonamides is 1. The summed E-state index contributed by atoms with van der Waals surface area (Å²) in [5.41, 5.74) is 6.12. The zero-order valence-electron chi connectivity index (χ0n) is 11.5. The van der Waals surface area contributed by atoms with E-state index >= 15 is 0 Å². The molecule has 1 fully saturated rings. The molecule has 3 N–H and O–H groups in total. The zero-order chi connectivity index (χ0) is 14.9. The maximum atomic E-state index is 12.4. The molecule has 0 saturated carbocycles. The second-order valence-corrected chi connectivity index (χ2v) is 6.71. The van der Waals surface area contributed by atoms with Gasteiger partial charge >= 0.3 is 0 Å². The molecule has 0 spiro atoms. The highest BCUT2D eigenvalue weighted by Gasteiger charge is 2.27. The predicted octanol–water partition coefficient (Wildman–Crippen LogP) is 0.0594. The van der Waals surface area contributed by atoms with Gasteiger partial charge in [-0.15, -0.1) is 0 Å². The SMILES string of the molecule is CNS(=O)(=O)c1cc(C(=O)N2CCCC(N)C2)c(C)o1. The smallest absolute Gasteiger partial charge is 0.273 e. The van der Waals surface area contributed by atoms with Gasteiger partial charge in [-0.05, 0) is 26.8 Å². The van der Waals surface area contributed by atoms with E-state index in [4.69, 9.17) is 10.2 Å². The van der Waals surface area contributed by atoms with Crippen LogP contribution in [0.25, 0.3) is 0 Å². The Balaban J connectivity index is 2.27. The van der Waals surface area contributed by atoms with Gasteiger partial charge in [-0.2, -0.15) is 0 Å². The fraction of sp³-hybridized carbons (Fsp3) is 0.583. The maximum absolute atomic E-state index is 12.4. The van der Waals surface area contributed by atoms with Gasteiger partial charge in [-0.25, -0.2) is 13.1 Å². The average molecular weight is 301 g/mol. The molecule has 2 rings (SSSR count). The standard InChI is InChI=1S/C12H19N3O4S/c1-8-10(6-11(19-8)20(17,18)14-2)12(16)15-5-3-4-9(13)7-15/h6,9,14H,3-5,7,13H2,1-2H3. The van der Waals surface area contributed by atoms with E-state index in [0.717, 1.165) is 12.8 Å². The molecule has 1 amide bonds. The molecule has 1 aliphatic rings. The molecule has 0 aliphatic carbocycles. The summed E-state index contributed by atoms with van der Waals surface area (Å²) in [6.07, 6.45) is 1.75. The van der Waals surface area contributed by atoms with E-state index in [2.05, 4.69) is 4.72 Å². The number of carbonyl (C=O) groups is 1. The summed E-state index contributed by atoms with van der Waals surface area (Å²) in [5, 5.41) is -0.248. The summed E-state index contributed by atoms with van der Waals surface area (Å²) in [5.74, 6) is 0.0573. The number of hydrogen-bond donors (Lipinski definition) is 2. The lowest BCUT2D eigenvalue weighted by Crippen LogP contribution is -2.45. The van der Waals surface area contributed by atoms with Crippen molar-refractivity contribution in [1.29, 1.82) is 0 Å². The van der Waals surface area contributed by atoms with Crippen molar-refractivity contribution >= 4 is 15.9 Å². The number of nitrogens with two attached hydrogens (primary N) is 1. The van der Waals surface area contributed by atoms with Crippen LogP contribution < -0.4 is 10.5 Å². The van der Waals surface area contributed by atoms with Crippen molar-refractivity contribution in [3.63, 3.8) is 0 Å². The Kier molecular flexibility index (Phi) is 4.17. The molecule has 0 radical (unpaired) electrons. The number of amides is 1. The Labute approximate surface area is 118 Å². The van der Waals surface area contributed by atoms with Gasteiger partial charge in [0.05, 0.1) is 5.56 Å². The number of nitrogens with one attached hydrogen (secondary N) is 1. The minimum absolute atomic E-state index is 0.0274. The summed E-state index contributed by atoms with van der Waals surface area (Å²) < 4.78 is 30.7. The van der Waals surface area contributed by atoms with Gasteiger partial charge in [0.15, 0.2) is 0 Å². The Bertz CT molecular complexity index is 608. The molecule has 112 valence electrons. The fourth-order valence-corrected chi connectivity index (χ4v) is 2.97. The predicted molar refractivity (Wildman–Crippen MR) is 72.8 cm³/mol. The Morgan fingerprint density at radius 1 is 1.55 bits per heavy atom. The van der Waals surface area contributed by atoms with Gasteiger partial charge in [0.25, 0.3) is 15.9 Å². The Hall–Kier alpha value is -1.38. The zero-order valence-corrected chi connectivity index (χ0v) is 12.4. The van der Waals surface area contributed by atoms with Crippen LogP contribution in [-0.4, -0.2) is 45.4 Å². The Morgan fingerprint density at radius 2 is 2.25 bits per heavy atom. The first-order valence-electron chi connectivity index (χ1n) is 6.44. The first-order chi connectivity index (χ1) is 9.35. The van der Waals surface area contributed by atoms with E-state index in [1.807, 2.05) is 0 Å². The molecule has 1 unspecified atom stereocenters.